The number of furan rings is 1. The van der Waals surface area contributed by atoms with Crippen LogP contribution in [0.2, 0.25) is 0 Å². The summed E-state index contributed by atoms with van der Waals surface area (Å²) in [5.74, 6) is -0.124. The first-order chi connectivity index (χ1) is 15.8. The topological polar surface area (TPSA) is 98.5 Å². The van der Waals surface area contributed by atoms with Crippen molar-refractivity contribution in [1.29, 1.82) is 0 Å². The van der Waals surface area contributed by atoms with Gasteiger partial charge in [0.05, 0.1) is 25.0 Å². The summed E-state index contributed by atoms with van der Waals surface area (Å²) < 4.78 is 54.8. The lowest BCUT2D eigenvalue weighted by molar-refractivity contribution is -0.137. The third kappa shape index (κ3) is 6.22. The second-order valence-corrected chi connectivity index (χ2v) is 6.79. The van der Waals surface area contributed by atoms with Crippen LogP contribution in [-0.4, -0.2) is 42.8 Å². The number of anilines is 2. The first-order valence-electron chi connectivity index (χ1n) is 10.1. The number of alkyl halides is 3. The summed E-state index contributed by atoms with van der Waals surface area (Å²) in [6.07, 6.45) is -3.04. The van der Waals surface area contributed by atoms with Gasteiger partial charge in [0, 0.05) is 20.2 Å². The van der Waals surface area contributed by atoms with E-state index in [1.807, 2.05) is 0 Å². The summed E-state index contributed by atoms with van der Waals surface area (Å²) in [5, 5.41) is 5.93. The molecule has 11 heteroatoms. The van der Waals surface area contributed by atoms with Gasteiger partial charge < -0.3 is 24.5 Å². The first kappa shape index (κ1) is 24.1. The Morgan fingerprint density at radius 1 is 1.15 bits per heavy atom. The van der Waals surface area contributed by atoms with Crippen LogP contribution in [0.1, 0.15) is 28.4 Å². The van der Waals surface area contributed by atoms with Crippen molar-refractivity contribution in [2.45, 2.75) is 19.6 Å². The smallest absolute Gasteiger partial charge is 0.416 e. The molecule has 3 aromatic rings. The number of carbonyl (C=O) groups excluding carboxylic acids is 1. The Morgan fingerprint density at radius 3 is 2.64 bits per heavy atom. The van der Waals surface area contributed by atoms with Crippen molar-refractivity contribution < 1.29 is 31.9 Å². The number of esters is 1. The summed E-state index contributed by atoms with van der Waals surface area (Å²) in [5.41, 5.74) is -0.226. The minimum atomic E-state index is -4.47. The number of aromatic nitrogens is 2. The van der Waals surface area contributed by atoms with Gasteiger partial charge in [-0.15, -0.1) is 0 Å². The molecule has 0 fully saturated rings. The van der Waals surface area contributed by atoms with E-state index in [4.69, 9.17) is 13.9 Å². The number of rotatable bonds is 10. The maximum absolute atomic E-state index is 13.1. The molecule has 176 valence electrons. The zero-order valence-corrected chi connectivity index (χ0v) is 18.0. The van der Waals surface area contributed by atoms with Crippen molar-refractivity contribution in [3.63, 3.8) is 0 Å². The fourth-order valence-electron chi connectivity index (χ4n) is 2.96. The summed E-state index contributed by atoms with van der Waals surface area (Å²) >= 11 is 0. The number of hydrogen-bond donors (Lipinski definition) is 2. The number of halogens is 3. The molecule has 0 amide bonds. The molecule has 0 aliphatic carbocycles. The van der Waals surface area contributed by atoms with E-state index < -0.39 is 17.7 Å². The van der Waals surface area contributed by atoms with Crippen LogP contribution in [0, 0.1) is 0 Å². The molecule has 0 spiro atoms. The number of nitrogens with one attached hydrogen (secondary N) is 2. The van der Waals surface area contributed by atoms with Crippen LogP contribution < -0.4 is 10.6 Å². The highest BCUT2D eigenvalue weighted by Crippen LogP contribution is 2.31. The summed E-state index contributed by atoms with van der Waals surface area (Å²) in [6.45, 7) is 2.51. The second kappa shape index (κ2) is 10.8. The van der Waals surface area contributed by atoms with Gasteiger partial charge in [0.1, 0.15) is 17.1 Å². The van der Waals surface area contributed by atoms with E-state index in [0.717, 1.165) is 12.1 Å². The number of hydrogen-bond acceptors (Lipinski definition) is 8. The van der Waals surface area contributed by atoms with Crippen molar-refractivity contribution in [3.05, 3.63) is 59.4 Å². The molecule has 2 N–H and O–H groups in total. The number of ether oxygens (including phenoxy) is 2. The van der Waals surface area contributed by atoms with E-state index in [-0.39, 0.29) is 36.2 Å². The van der Waals surface area contributed by atoms with Gasteiger partial charge in [0.25, 0.3) is 0 Å². The van der Waals surface area contributed by atoms with Crippen LogP contribution in [-0.2, 0) is 22.2 Å². The highest BCUT2D eigenvalue weighted by Gasteiger charge is 2.30. The van der Waals surface area contributed by atoms with Crippen LogP contribution in [0.25, 0.3) is 11.5 Å². The molecule has 8 nitrogen and oxygen atoms in total. The van der Waals surface area contributed by atoms with Crippen molar-refractivity contribution >= 4 is 17.7 Å². The molecule has 0 bridgehead atoms. The molecular formula is C22H23F3N4O4. The third-order valence-corrected chi connectivity index (χ3v) is 4.45. The molecule has 2 aromatic heterocycles. The van der Waals surface area contributed by atoms with Crippen LogP contribution in [0.3, 0.4) is 0 Å². The molecule has 0 aliphatic rings. The molecule has 0 saturated carbocycles. The molecule has 3 rings (SSSR count). The highest BCUT2D eigenvalue weighted by atomic mass is 19.4. The molecule has 0 radical (unpaired) electrons. The fourth-order valence-corrected chi connectivity index (χ4v) is 2.96. The molecule has 0 atom stereocenters. The second-order valence-electron chi connectivity index (χ2n) is 6.79. The third-order valence-electron chi connectivity index (χ3n) is 4.45. The largest absolute Gasteiger partial charge is 0.463 e. The van der Waals surface area contributed by atoms with Crippen LogP contribution in [0.4, 0.5) is 24.9 Å². The maximum Gasteiger partial charge on any atom is 0.416 e. The van der Waals surface area contributed by atoms with E-state index in [1.165, 1.54) is 12.3 Å². The minimum absolute atomic E-state index is 0.0102. The van der Waals surface area contributed by atoms with Gasteiger partial charge in [-0.25, -0.2) is 9.78 Å². The lowest BCUT2D eigenvalue weighted by Gasteiger charge is -2.16. The van der Waals surface area contributed by atoms with Gasteiger partial charge in [-0.1, -0.05) is 12.1 Å². The maximum atomic E-state index is 13.1. The van der Waals surface area contributed by atoms with Crippen LogP contribution >= 0.6 is 0 Å². The Morgan fingerprint density at radius 2 is 1.97 bits per heavy atom. The highest BCUT2D eigenvalue weighted by molar-refractivity contribution is 6.00. The average molecular weight is 464 g/mol. The number of methoxy groups -OCH3 is 1. The predicted molar refractivity (Wildman–Crippen MR) is 115 cm³/mol. The van der Waals surface area contributed by atoms with Gasteiger partial charge in [-0.2, -0.15) is 18.2 Å². The normalized spacial score (nSPS) is 11.3. The molecular weight excluding hydrogens is 441 g/mol. The minimum Gasteiger partial charge on any atom is -0.463 e. The van der Waals surface area contributed by atoms with Gasteiger partial charge in [-0.3, -0.25) is 0 Å². The lowest BCUT2D eigenvalue weighted by atomic mass is 10.1. The Kier molecular flexibility index (Phi) is 7.88. The molecule has 1 aromatic carbocycles. The fraction of sp³-hybridized carbons (Fsp3) is 0.318. The number of carbonyl (C=O) groups is 1. The Balaban J connectivity index is 2.01. The van der Waals surface area contributed by atoms with Gasteiger partial charge in [0.15, 0.2) is 5.76 Å². The van der Waals surface area contributed by atoms with E-state index in [0.29, 0.717) is 24.5 Å². The van der Waals surface area contributed by atoms with Gasteiger partial charge in [-0.05, 0) is 36.8 Å². The van der Waals surface area contributed by atoms with E-state index >= 15 is 0 Å². The van der Waals surface area contributed by atoms with Crippen molar-refractivity contribution in [2.24, 2.45) is 0 Å². The number of nitrogens with zero attached hydrogens (tertiary/aromatic N) is 2. The van der Waals surface area contributed by atoms with Gasteiger partial charge in [0.2, 0.25) is 5.95 Å². The lowest BCUT2D eigenvalue weighted by Crippen LogP contribution is -2.17. The van der Waals surface area contributed by atoms with Crippen molar-refractivity contribution in [2.75, 3.05) is 37.5 Å². The Bertz CT molecular complexity index is 1070. The zero-order chi connectivity index (χ0) is 23.8. The Labute approximate surface area is 188 Å². The molecule has 0 aliphatic heterocycles. The van der Waals surface area contributed by atoms with Crippen molar-refractivity contribution in [3.8, 4) is 11.5 Å². The Hall–Kier alpha value is -3.60. The summed E-state index contributed by atoms with van der Waals surface area (Å²) in [6, 6.07) is 8.14. The van der Waals surface area contributed by atoms with Crippen LogP contribution in [0.5, 0.6) is 0 Å². The first-order valence-corrected chi connectivity index (χ1v) is 10.1. The van der Waals surface area contributed by atoms with Crippen LogP contribution in [0.15, 0.2) is 47.1 Å². The zero-order valence-electron chi connectivity index (χ0n) is 18.0. The monoisotopic (exact) mass is 464 g/mol. The van der Waals surface area contributed by atoms with Crippen molar-refractivity contribution in [1.82, 2.24) is 9.97 Å². The molecule has 2 heterocycles. The number of benzene rings is 1. The summed E-state index contributed by atoms with van der Waals surface area (Å²) in [7, 11) is 1.54. The van der Waals surface area contributed by atoms with E-state index in [9.17, 15) is 18.0 Å². The predicted octanol–water partition coefficient (Wildman–Crippen LogP) is 4.60. The molecule has 33 heavy (non-hydrogen) atoms. The molecule has 0 unspecified atom stereocenters. The average Bonchev–Trinajstić information content (AvgIpc) is 3.32. The summed E-state index contributed by atoms with van der Waals surface area (Å²) in [4.78, 5) is 21.5. The molecule has 0 saturated heterocycles. The quantitative estimate of drug-likeness (QED) is 0.332. The van der Waals surface area contributed by atoms with E-state index in [1.54, 1.807) is 32.2 Å². The standard InChI is InChI=1S/C22H23F3N4O4/c1-3-32-20(30)17-18(16-8-5-10-33-16)28-21(26-9-11-31-2)29-19(17)27-13-14-6-4-7-15(12-14)22(23,24)25/h4-8,10,12H,3,9,11,13H2,1-2H3,(H2,26,27,28,29). The van der Waals surface area contributed by atoms with Gasteiger partial charge >= 0.3 is 12.1 Å². The SMILES string of the molecule is CCOC(=O)c1c(NCc2cccc(C(F)(F)F)c2)nc(NCCOC)nc1-c1ccco1. The van der Waals surface area contributed by atoms with E-state index in [2.05, 4.69) is 20.6 Å².